The third-order valence-corrected chi connectivity index (χ3v) is 8.99. The van der Waals surface area contributed by atoms with Gasteiger partial charge in [-0.15, -0.1) is 11.8 Å². The second-order valence-electron chi connectivity index (χ2n) is 10.7. The summed E-state index contributed by atoms with van der Waals surface area (Å²) in [7, 11) is 0. The maximum atomic E-state index is 13.0. The Kier molecular flexibility index (Phi) is 6.83. The summed E-state index contributed by atoms with van der Waals surface area (Å²) in [4.78, 5) is 41.0. The van der Waals surface area contributed by atoms with E-state index in [0.29, 0.717) is 17.9 Å². The number of aliphatic hydroxyl groups is 1. The maximum Gasteiger partial charge on any atom is 0.353 e. The number of fused-ring (bicyclic) bond motifs is 1. The van der Waals surface area contributed by atoms with Crippen molar-refractivity contribution in [3.05, 3.63) is 10.6 Å². The van der Waals surface area contributed by atoms with Crippen LogP contribution in [0.1, 0.15) is 47.0 Å². The molecule has 3 fully saturated rings. The number of amides is 2. The molecule has 4 aliphatic rings. The van der Waals surface area contributed by atoms with Gasteiger partial charge in [-0.25, -0.2) is 4.79 Å². The monoisotopic (exact) mass is 481 g/mol. The number of β-lactam (4-membered cyclic amide) rings is 1. The highest BCUT2D eigenvalue weighted by molar-refractivity contribution is 8.03. The molecule has 9 nitrogen and oxygen atoms in total. The van der Waals surface area contributed by atoms with E-state index in [1.54, 1.807) is 6.92 Å². The van der Waals surface area contributed by atoms with Gasteiger partial charge >= 0.3 is 5.97 Å². The zero-order valence-electron chi connectivity index (χ0n) is 19.9. The number of carbonyl (C=O) groups excluding carboxylic acids is 2. The molecule has 0 aliphatic carbocycles. The summed E-state index contributed by atoms with van der Waals surface area (Å²) in [6, 6.07) is -0.627. The Balaban J connectivity index is 1.38. The largest absolute Gasteiger partial charge is 0.477 e. The lowest BCUT2D eigenvalue weighted by atomic mass is 9.79. The number of carboxylic acid groups (broad SMARTS) is 1. The molecule has 0 aromatic carbocycles. The molecule has 4 heterocycles. The molecule has 6 atom stereocenters. The summed E-state index contributed by atoms with van der Waals surface area (Å²) in [5.74, 6) is -2.17. The highest BCUT2D eigenvalue weighted by atomic mass is 32.2. The first-order valence-electron chi connectivity index (χ1n) is 12.0. The van der Waals surface area contributed by atoms with Gasteiger partial charge in [-0.2, -0.15) is 0 Å². The molecule has 2 amide bonds. The molecule has 0 saturated carbocycles. The average Bonchev–Trinajstić information content (AvgIpc) is 3.42. The Morgan fingerprint density at radius 2 is 2.00 bits per heavy atom. The predicted molar refractivity (Wildman–Crippen MR) is 124 cm³/mol. The maximum absolute atomic E-state index is 13.0. The number of hydrogen-bond donors (Lipinski definition) is 5. The SMILES string of the molecule is C[C@@H](O)[C@H]1C(=O)N2C(C(=O)O)=C(S[C@@H]3CN[C@H](C(=O)NC(C)(C)C[NH+]4CCCC4)C3)[C@H](C)[C@H]12. The van der Waals surface area contributed by atoms with Crippen molar-refractivity contribution in [3.8, 4) is 0 Å². The van der Waals surface area contributed by atoms with Gasteiger partial charge in [0.25, 0.3) is 0 Å². The lowest BCUT2D eigenvalue weighted by Crippen LogP contribution is -3.12. The van der Waals surface area contributed by atoms with Crippen molar-refractivity contribution in [3.63, 3.8) is 0 Å². The molecule has 10 heteroatoms. The van der Waals surface area contributed by atoms with Crippen molar-refractivity contribution in [2.75, 3.05) is 26.2 Å². The van der Waals surface area contributed by atoms with Crippen molar-refractivity contribution in [2.24, 2.45) is 11.8 Å². The van der Waals surface area contributed by atoms with E-state index in [4.69, 9.17) is 0 Å². The lowest BCUT2D eigenvalue weighted by Gasteiger charge is -2.46. The predicted octanol–water partition coefficient (Wildman–Crippen LogP) is -0.823. The van der Waals surface area contributed by atoms with Gasteiger partial charge < -0.3 is 30.6 Å². The van der Waals surface area contributed by atoms with E-state index in [-0.39, 0.29) is 46.3 Å². The number of carbonyl (C=O) groups is 3. The molecule has 5 N–H and O–H groups in total. The van der Waals surface area contributed by atoms with Gasteiger partial charge in [0.1, 0.15) is 5.70 Å². The van der Waals surface area contributed by atoms with E-state index in [0.717, 1.165) is 19.6 Å². The molecule has 4 rings (SSSR count). The summed E-state index contributed by atoms with van der Waals surface area (Å²) in [5.41, 5.74) is -0.243. The summed E-state index contributed by atoms with van der Waals surface area (Å²) >= 11 is 1.46. The first-order chi connectivity index (χ1) is 15.5. The van der Waals surface area contributed by atoms with Crippen molar-refractivity contribution < 1.29 is 29.5 Å². The molecule has 184 valence electrons. The fourth-order valence-electron chi connectivity index (χ4n) is 5.99. The summed E-state index contributed by atoms with van der Waals surface area (Å²) in [6.45, 7) is 11.5. The van der Waals surface area contributed by atoms with Crippen molar-refractivity contribution in [2.45, 2.75) is 75.9 Å². The quantitative estimate of drug-likeness (QED) is 0.287. The second kappa shape index (κ2) is 9.20. The average molecular weight is 482 g/mol. The molecule has 0 bridgehead atoms. The van der Waals surface area contributed by atoms with Crippen LogP contribution < -0.4 is 15.5 Å². The van der Waals surface area contributed by atoms with Crippen LogP contribution in [0.5, 0.6) is 0 Å². The summed E-state index contributed by atoms with van der Waals surface area (Å²) in [6.07, 6.45) is 2.28. The zero-order valence-corrected chi connectivity index (χ0v) is 20.7. The highest BCUT2D eigenvalue weighted by Crippen LogP contribution is 2.51. The topological polar surface area (TPSA) is 123 Å². The molecule has 0 spiro atoms. The minimum absolute atomic E-state index is 0.0122. The van der Waals surface area contributed by atoms with Gasteiger partial charge in [0.15, 0.2) is 0 Å². The van der Waals surface area contributed by atoms with Gasteiger partial charge in [0, 0.05) is 35.5 Å². The van der Waals surface area contributed by atoms with Crippen LogP contribution in [0.2, 0.25) is 0 Å². The molecule has 0 unspecified atom stereocenters. The molecule has 0 aromatic rings. The number of carboxylic acids is 1. The van der Waals surface area contributed by atoms with E-state index >= 15 is 0 Å². The molecular formula is C23H37N4O5S+. The first-order valence-corrected chi connectivity index (χ1v) is 12.9. The van der Waals surface area contributed by atoms with E-state index in [9.17, 15) is 24.6 Å². The Labute approximate surface area is 199 Å². The van der Waals surface area contributed by atoms with Crippen LogP contribution in [-0.4, -0.2) is 88.1 Å². The van der Waals surface area contributed by atoms with Crippen molar-refractivity contribution >= 4 is 29.5 Å². The van der Waals surface area contributed by atoms with Crippen LogP contribution in [0.4, 0.5) is 0 Å². The standard InChI is InChI=1S/C23H36N4O5S/c1-12-17-16(13(2)28)21(30)27(17)18(22(31)32)19(12)33-14-9-15(24-10-14)20(29)25-23(3,4)11-26-7-5-6-8-26/h12-17,24,28H,5-11H2,1-4H3,(H,25,29)(H,31,32)/p+1/t12-,13-,14+,15+,16-,17-/m1/s1. The second-order valence-corrected chi connectivity index (χ2v) is 12.1. The summed E-state index contributed by atoms with van der Waals surface area (Å²) < 4.78 is 0. The first kappa shape index (κ1) is 24.5. The molecule has 0 radical (unpaired) electrons. The van der Waals surface area contributed by atoms with Crippen LogP contribution >= 0.6 is 11.8 Å². The van der Waals surface area contributed by atoms with E-state index in [1.807, 2.05) is 6.92 Å². The Hall–Kier alpha value is -1.62. The number of hydrogen-bond acceptors (Lipinski definition) is 6. The fraction of sp³-hybridized carbons (Fsp3) is 0.783. The number of quaternary nitrogens is 1. The number of nitrogens with one attached hydrogen (secondary N) is 3. The zero-order chi connectivity index (χ0) is 24.1. The Morgan fingerprint density at radius 1 is 1.33 bits per heavy atom. The minimum atomic E-state index is -1.12. The molecule has 3 saturated heterocycles. The Bertz CT molecular complexity index is 854. The normalized spacial score (nSPS) is 33.3. The van der Waals surface area contributed by atoms with Crippen LogP contribution in [0.25, 0.3) is 0 Å². The van der Waals surface area contributed by atoms with E-state index in [2.05, 4.69) is 24.5 Å². The number of nitrogens with zero attached hydrogens (tertiary/aromatic N) is 1. The third-order valence-electron chi connectivity index (χ3n) is 7.48. The van der Waals surface area contributed by atoms with Gasteiger partial charge in [0.05, 0.1) is 49.3 Å². The lowest BCUT2D eigenvalue weighted by molar-refractivity contribution is -0.891. The Morgan fingerprint density at radius 3 is 2.61 bits per heavy atom. The minimum Gasteiger partial charge on any atom is -0.477 e. The van der Waals surface area contributed by atoms with Gasteiger partial charge in [-0.05, 0) is 27.2 Å². The van der Waals surface area contributed by atoms with Gasteiger partial charge in [-0.1, -0.05) is 6.92 Å². The third kappa shape index (κ3) is 4.67. The van der Waals surface area contributed by atoms with Crippen LogP contribution in [-0.2, 0) is 14.4 Å². The van der Waals surface area contributed by atoms with Gasteiger partial charge in [0.2, 0.25) is 11.8 Å². The summed E-state index contributed by atoms with van der Waals surface area (Å²) in [5, 5.41) is 26.4. The number of aliphatic hydroxyl groups excluding tert-OH is 1. The highest BCUT2D eigenvalue weighted by Gasteiger charge is 2.60. The van der Waals surface area contributed by atoms with Crippen molar-refractivity contribution in [1.82, 2.24) is 15.5 Å². The smallest absolute Gasteiger partial charge is 0.353 e. The molecule has 4 aliphatic heterocycles. The van der Waals surface area contributed by atoms with Gasteiger partial charge in [-0.3, -0.25) is 9.59 Å². The fourth-order valence-corrected chi connectivity index (χ4v) is 7.47. The molecule has 0 aromatic heterocycles. The van der Waals surface area contributed by atoms with Crippen LogP contribution in [0.3, 0.4) is 0 Å². The number of thioether (sulfide) groups is 1. The molecular weight excluding hydrogens is 444 g/mol. The number of rotatable bonds is 8. The van der Waals surface area contributed by atoms with Crippen LogP contribution in [0.15, 0.2) is 10.6 Å². The number of aliphatic carboxylic acids is 1. The van der Waals surface area contributed by atoms with E-state index in [1.165, 1.54) is 34.4 Å². The van der Waals surface area contributed by atoms with E-state index < -0.39 is 18.0 Å². The molecule has 33 heavy (non-hydrogen) atoms. The van der Waals surface area contributed by atoms with Crippen molar-refractivity contribution in [1.29, 1.82) is 0 Å². The number of likely N-dealkylation sites (tertiary alicyclic amines) is 1. The van der Waals surface area contributed by atoms with Crippen LogP contribution in [0, 0.1) is 11.8 Å².